The minimum atomic E-state index is 0.132. The van der Waals surface area contributed by atoms with Crippen molar-refractivity contribution in [3.63, 3.8) is 0 Å². The summed E-state index contributed by atoms with van der Waals surface area (Å²) in [7, 11) is 4.15. The van der Waals surface area contributed by atoms with Gasteiger partial charge in [0.2, 0.25) is 11.8 Å². The molecule has 29 heavy (non-hydrogen) atoms. The van der Waals surface area contributed by atoms with Crippen molar-refractivity contribution in [3.05, 3.63) is 11.8 Å². The highest BCUT2D eigenvalue weighted by atomic mass is 32.2. The Hall–Kier alpha value is -1.36. The molecule has 0 unspecified atom stereocenters. The molecule has 10 heteroatoms. The Kier molecular flexibility index (Phi) is 8.16. The molecule has 0 N–H and O–H groups in total. The van der Waals surface area contributed by atoms with Gasteiger partial charge in [-0.25, -0.2) is 9.97 Å². The zero-order valence-corrected chi connectivity index (χ0v) is 19.1. The van der Waals surface area contributed by atoms with Gasteiger partial charge in [-0.05, 0) is 27.1 Å². The number of likely N-dealkylation sites (N-methyl/N-ethyl adjacent to an activating group) is 2. The highest BCUT2D eigenvalue weighted by molar-refractivity contribution is 8.00. The van der Waals surface area contributed by atoms with Gasteiger partial charge in [0.25, 0.3) is 0 Å². The molecule has 0 aromatic carbocycles. The van der Waals surface area contributed by atoms with Gasteiger partial charge in [-0.2, -0.15) is 0 Å². The Morgan fingerprint density at radius 3 is 1.83 bits per heavy atom. The minimum Gasteiger partial charge on any atom is -0.339 e. The Labute approximate surface area is 181 Å². The predicted octanol–water partition coefficient (Wildman–Crippen LogP) is 0.517. The van der Waals surface area contributed by atoms with Crippen LogP contribution < -0.4 is 0 Å². The van der Waals surface area contributed by atoms with Crippen molar-refractivity contribution in [3.8, 4) is 0 Å². The normalized spacial score (nSPS) is 18.9. The summed E-state index contributed by atoms with van der Waals surface area (Å²) in [6, 6.07) is 1.90. The fourth-order valence-corrected chi connectivity index (χ4v) is 4.93. The second-order valence-electron chi connectivity index (χ2n) is 7.58. The summed E-state index contributed by atoms with van der Waals surface area (Å²) >= 11 is 2.82. The van der Waals surface area contributed by atoms with Crippen LogP contribution in [0.15, 0.2) is 16.2 Å². The monoisotopic (exact) mass is 438 g/mol. The molecule has 2 amide bonds. The largest absolute Gasteiger partial charge is 0.339 e. The lowest BCUT2D eigenvalue weighted by molar-refractivity contribution is -0.130. The molecule has 160 valence electrons. The number of aromatic nitrogens is 2. The molecule has 0 spiro atoms. The van der Waals surface area contributed by atoms with Gasteiger partial charge in [0, 0.05) is 58.1 Å². The van der Waals surface area contributed by atoms with Gasteiger partial charge in [0.1, 0.15) is 5.03 Å². The minimum absolute atomic E-state index is 0.132. The molecule has 1 aromatic rings. The third-order valence-corrected chi connectivity index (χ3v) is 6.92. The Morgan fingerprint density at radius 2 is 1.31 bits per heavy atom. The highest BCUT2D eigenvalue weighted by Gasteiger charge is 2.21. The van der Waals surface area contributed by atoms with E-state index >= 15 is 0 Å². The molecule has 0 bridgehead atoms. The van der Waals surface area contributed by atoms with Crippen molar-refractivity contribution < 1.29 is 9.59 Å². The zero-order valence-electron chi connectivity index (χ0n) is 17.5. The number of carbonyl (C=O) groups is 2. The van der Waals surface area contributed by atoms with E-state index in [9.17, 15) is 9.59 Å². The molecule has 3 heterocycles. The Bertz CT molecular complexity index is 662. The number of hydrogen-bond donors (Lipinski definition) is 0. The lowest BCUT2D eigenvalue weighted by Crippen LogP contribution is -2.47. The summed E-state index contributed by atoms with van der Waals surface area (Å²) in [6.07, 6.45) is 0. The summed E-state index contributed by atoms with van der Waals surface area (Å²) in [6.45, 7) is 8.72. The topological polar surface area (TPSA) is 72.9 Å². The second kappa shape index (κ2) is 10.6. The number of rotatable bonds is 6. The van der Waals surface area contributed by atoms with E-state index in [2.05, 4.69) is 33.9 Å². The number of hydrogen-bond acceptors (Lipinski definition) is 8. The summed E-state index contributed by atoms with van der Waals surface area (Å²) < 4.78 is 0. The van der Waals surface area contributed by atoms with Gasteiger partial charge in [-0.1, -0.05) is 23.5 Å². The molecule has 0 saturated carbocycles. The maximum Gasteiger partial charge on any atom is 0.233 e. The number of aryl methyl sites for hydroxylation is 1. The van der Waals surface area contributed by atoms with Gasteiger partial charge in [0.05, 0.1) is 11.5 Å². The highest BCUT2D eigenvalue weighted by Crippen LogP contribution is 2.22. The zero-order chi connectivity index (χ0) is 20.8. The first kappa shape index (κ1) is 22.3. The van der Waals surface area contributed by atoms with Crippen LogP contribution in [0, 0.1) is 6.92 Å². The van der Waals surface area contributed by atoms with E-state index in [0.29, 0.717) is 16.7 Å². The third kappa shape index (κ3) is 6.84. The summed E-state index contributed by atoms with van der Waals surface area (Å²) in [5.41, 5.74) is 0.851. The van der Waals surface area contributed by atoms with E-state index < -0.39 is 0 Å². The Balaban J connectivity index is 1.49. The van der Waals surface area contributed by atoms with E-state index in [0.717, 1.165) is 63.1 Å². The maximum atomic E-state index is 12.4. The van der Waals surface area contributed by atoms with Gasteiger partial charge >= 0.3 is 0 Å². The molecule has 2 fully saturated rings. The first-order chi connectivity index (χ1) is 13.9. The SMILES string of the molecule is Cc1cc(SCC(=O)N2CCN(C)CC2)nc(SCC(=O)N2CCN(C)CC2)n1. The summed E-state index contributed by atoms with van der Waals surface area (Å²) in [4.78, 5) is 42.2. The Morgan fingerprint density at radius 1 is 0.828 bits per heavy atom. The van der Waals surface area contributed by atoms with Crippen LogP contribution in [0.5, 0.6) is 0 Å². The molecule has 0 radical (unpaired) electrons. The maximum absolute atomic E-state index is 12.4. The average molecular weight is 439 g/mol. The quantitative estimate of drug-likeness (QED) is 0.362. The van der Waals surface area contributed by atoms with Crippen LogP contribution in [0.25, 0.3) is 0 Å². The van der Waals surface area contributed by atoms with Crippen molar-refractivity contribution in [2.75, 3.05) is 78.0 Å². The number of piperazine rings is 2. The molecule has 3 rings (SSSR count). The van der Waals surface area contributed by atoms with Gasteiger partial charge in [-0.3, -0.25) is 9.59 Å². The molecule has 2 saturated heterocycles. The van der Waals surface area contributed by atoms with Crippen LogP contribution in [-0.4, -0.2) is 119 Å². The van der Waals surface area contributed by atoms with Crippen LogP contribution in [0.2, 0.25) is 0 Å². The molecular formula is C19H30N6O2S2. The molecule has 2 aliphatic rings. The lowest BCUT2D eigenvalue weighted by Gasteiger charge is -2.32. The van der Waals surface area contributed by atoms with Crippen molar-refractivity contribution in [1.82, 2.24) is 29.6 Å². The van der Waals surface area contributed by atoms with Crippen LogP contribution in [0.3, 0.4) is 0 Å². The average Bonchev–Trinajstić information content (AvgIpc) is 2.71. The van der Waals surface area contributed by atoms with Gasteiger partial charge in [-0.15, -0.1) is 0 Å². The van der Waals surface area contributed by atoms with Crippen LogP contribution >= 0.6 is 23.5 Å². The summed E-state index contributed by atoms with van der Waals surface area (Å²) in [5.74, 6) is 1.01. The van der Waals surface area contributed by atoms with E-state index in [4.69, 9.17) is 0 Å². The first-order valence-corrected chi connectivity index (χ1v) is 11.9. The van der Waals surface area contributed by atoms with E-state index in [1.165, 1.54) is 23.5 Å². The second-order valence-corrected chi connectivity index (χ2v) is 9.51. The van der Waals surface area contributed by atoms with Gasteiger partial charge < -0.3 is 19.6 Å². The first-order valence-electron chi connectivity index (χ1n) is 9.94. The van der Waals surface area contributed by atoms with E-state index in [1.54, 1.807) is 0 Å². The van der Waals surface area contributed by atoms with Crippen molar-refractivity contribution in [1.29, 1.82) is 0 Å². The van der Waals surface area contributed by atoms with Gasteiger partial charge in [0.15, 0.2) is 5.16 Å². The molecule has 2 aliphatic heterocycles. The predicted molar refractivity (Wildman–Crippen MR) is 116 cm³/mol. The van der Waals surface area contributed by atoms with Crippen LogP contribution in [-0.2, 0) is 9.59 Å². The van der Waals surface area contributed by atoms with Crippen molar-refractivity contribution in [2.45, 2.75) is 17.1 Å². The fraction of sp³-hybridized carbons (Fsp3) is 0.684. The van der Waals surface area contributed by atoms with Crippen molar-refractivity contribution in [2.24, 2.45) is 0 Å². The smallest absolute Gasteiger partial charge is 0.233 e. The molecule has 1 aromatic heterocycles. The molecular weight excluding hydrogens is 408 g/mol. The molecule has 0 atom stereocenters. The lowest BCUT2D eigenvalue weighted by atomic mass is 10.3. The number of nitrogens with zero attached hydrogens (tertiary/aromatic N) is 6. The fourth-order valence-electron chi connectivity index (χ4n) is 3.21. The third-order valence-electron chi connectivity index (χ3n) is 5.19. The van der Waals surface area contributed by atoms with E-state index in [1.807, 2.05) is 22.8 Å². The van der Waals surface area contributed by atoms with Crippen molar-refractivity contribution >= 4 is 35.3 Å². The standard InChI is InChI=1S/C19H30N6O2S2/c1-15-12-16(28-13-17(26)24-8-4-22(2)5-9-24)21-19(20-15)29-14-18(27)25-10-6-23(3)7-11-25/h12H,4-11,13-14H2,1-3H3. The number of amides is 2. The van der Waals surface area contributed by atoms with Crippen LogP contribution in [0.4, 0.5) is 0 Å². The number of carbonyl (C=O) groups excluding carboxylic acids is 2. The van der Waals surface area contributed by atoms with E-state index in [-0.39, 0.29) is 11.8 Å². The van der Waals surface area contributed by atoms with Crippen LogP contribution in [0.1, 0.15) is 5.69 Å². The summed E-state index contributed by atoms with van der Waals surface area (Å²) in [5, 5.41) is 1.39. The number of thioether (sulfide) groups is 2. The molecule has 8 nitrogen and oxygen atoms in total. The molecule has 0 aliphatic carbocycles.